The van der Waals surface area contributed by atoms with Gasteiger partial charge in [-0.3, -0.25) is 9.89 Å². The zero-order valence-corrected chi connectivity index (χ0v) is 19.7. The highest BCUT2D eigenvalue weighted by molar-refractivity contribution is 5.98. The highest BCUT2D eigenvalue weighted by atomic mass is 16.4. The lowest BCUT2D eigenvalue weighted by Gasteiger charge is -2.37. The summed E-state index contributed by atoms with van der Waals surface area (Å²) in [5.41, 5.74) is 4.78. The van der Waals surface area contributed by atoms with Crippen molar-refractivity contribution >= 4 is 35.1 Å². The Bertz CT molecular complexity index is 1200. The molecule has 4 rings (SSSR count). The monoisotopic (exact) mass is 489 g/mol. The van der Waals surface area contributed by atoms with E-state index in [1.165, 1.54) is 11.3 Å². The van der Waals surface area contributed by atoms with Crippen molar-refractivity contribution in [3.63, 3.8) is 0 Å². The Morgan fingerprint density at radius 1 is 1.08 bits per heavy atom. The molecule has 0 radical (unpaired) electrons. The Balaban J connectivity index is 0.000000392. The molecular weight excluding hydrogens is 462 g/mol. The fraction of sp³-hybridized carbons (Fsp3) is 0.269. The molecule has 0 spiro atoms. The van der Waals surface area contributed by atoms with Crippen LogP contribution in [0.5, 0.6) is 0 Å². The van der Waals surface area contributed by atoms with Crippen LogP contribution in [0.1, 0.15) is 24.0 Å². The normalized spacial score (nSPS) is 18.7. The maximum absolute atomic E-state index is 12.4. The van der Waals surface area contributed by atoms with E-state index in [9.17, 15) is 14.4 Å². The van der Waals surface area contributed by atoms with Gasteiger partial charge in [-0.25, -0.2) is 14.4 Å². The number of hydrogen-bond donors (Lipinski definition) is 4. The first-order chi connectivity index (χ1) is 17.2. The van der Waals surface area contributed by atoms with Gasteiger partial charge < -0.3 is 20.8 Å². The highest BCUT2D eigenvalue weighted by Crippen LogP contribution is 2.30. The number of carboxylic acids is 2. The van der Waals surface area contributed by atoms with Crippen LogP contribution in [0.25, 0.3) is 0 Å². The summed E-state index contributed by atoms with van der Waals surface area (Å²) in [5.74, 6) is -2.51. The van der Waals surface area contributed by atoms with Gasteiger partial charge in [-0.2, -0.15) is 5.26 Å². The van der Waals surface area contributed by atoms with E-state index >= 15 is 0 Å². The molecule has 36 heavy (non-hydrogen) atoms. The van der Waals surface area contributed by atoms with E-state index < -0.39 is 11.9 Å². The van der Waals surface area contributed by atoms with Gasteiger partial charge in [0, 0.05) is 42.6 Å². The van der Waals surface area contributed by atoms with Crippen LogP contribution in [0.15, 0.2) is 65.7 Å². The number of rotatable bonds is 5. The molecule has 0 saturated carbocycles. The first-order valence-electron chi connectivity index (χ1n) is 11.3. The Labute approximate surface area is 208 Å². The lowest BCUT2D eigenvalue weighted by molar-refractivity contribution is -0.134. The van der Waals surface area contributed by atoms with Gasteiger partial charge in [-0.1, -0.05) is 18.2 Å². The van der Waals surface area contributed by atoms with Crippen molar-refractivity contribution in [1.82, 2.24) is 10.2 Å². The van der Waals surface area contributed by atoms with E-state index in [1.54, 1.807) is 24.3 Å². The van der Waals surface area contributed by atoms with Gasteiger partial charge in [0.05, 0.1) is 23.4 Å². The smallest absolute Gasteiger partial charge is 0.328 e. The number of anilines is 1. The molecule has 1 saturated heterocycles. The first-order valence-corrected chi connectivity index (χ1v) is 11.3. The van der Waals surface area contributed by atoms with Gasteiger partial charge in [-0.15, -0.1) is 0 Å². The second-order valence-electron chi connectivity index (χ2n) is 8.42. The summed E-state index contributed by atoms with van der Waals surface area (Å²) in [5, 5.41) is 30.4. The van der Waals surface area contributed by atoms with Crippen molar-refractivity contribution in [1.29, 1.82) is 5.26 Å². The third-order valence-electron chi connectivity index (χ3n) is 5.86. The number of nitriles is 1. The van der Waals surface area contributed by atoms with Crippen LogP contribution in [0.2, 0.25) is 0 Å². The number of likely N-dealkylation sites (tertiary alicyclic amines) is 1. The number of para-hydroxylation sites is 1. The quantitative estimate of drug-likeness (QED) is 0.470. The molecule has 186 valence electrons. The van der Waals surface area contributed by atoms with Crippen molar-refractivity contribution in [2.24, 2.45) is 4.99 Å². The topological polar surface area (TPSA) is 155 Å². The molecule has 0 unspecified atom stereocenters. The zero-order chi connectivity index (χ0) is 26.1. The fourth-order valence-corrected chi connectivity index (χ4v) is 4.08. The minimum absolute atomic E-state index is 0.103. The summed E-state index contributed by atoms with van der Waals surface area (Å²) in [6, 6.07) is 17.3. The molecule has 2 aliphatic rings. The lowest BCUT2D eigenvalue weighted by Crippen LogP contribution is -2.52. The van der Waals surface area contributed by atoms with Gasteiger partial charge in [0.1, 0.15) is 0 Å². The Kier molecular flexibility index (Phi) is 8.91. The Morgan fingerprint density at radius 2 is 1.75 bits per heavy atom. The first kappa shape index (κ1) is 26.1. The Hall–Kier alpha value is -4.49. The van der Waals surface area contributed by atoms with E-state index in [4.69, 9.17) is 20.5 Å². The number of carbonyl (C=O) groups excluding carboxylic acids is 1. The predicted molar refractivity (Wildman–Crippen MR) is 134 cm³/mol. The summed E-state index contributed by atoms with van der Waals surface area (Å²) in [7, 11) is 2.13. The number of amides is 2. The number of nitrogens with zero attached hydrogens (tertiary/aromatic N) is 3. The molecule has 10 nitrogen and oxygen atoms in total. The van der Waals surface area contributed by atoms with Crippen LogP contribution in [-0.2, 0) is 16.0 Å². The maximum Gasteiger partial charge on any atom is 0.328 e. The summed E-state index contributed by atoms with van der Waals surface area (Å²) in [6.07, 6.45) is 3.76. The second kappa shape index (κ2) is 12.3. The van der Waals surface area contributed by atoms with Gasteiger partial charge in [0.2, 0.25) is 0 Å². The minimum Gasteiger partial charge on any atom is -0.478 e. The number of nitrogens with one attached hydrogen (secondary N) is 2. The number of fused-ring (bicyclic) bond motifs is 1. The van der Waals surface area contributed by atoms with Gasteiger partial charge in [-0.05, 0) is 55.8 Å². The molecule has 1 fully saturated rings. The number of carboxylic acid groups (broad SMARTS) is 2. The molecule has 0 aromatic heterocycles. The van der Waals surface area contributed by atoms with E-state index in [1.807, 2.05) is 6.07 Å². The van der Waals surface area contributed by atoms with Crippen molar-refractivity contribution in [2.75, 3.05) is 18.9 Å². The third kappa shape index (κ3) is 7.51. The third-order valence-corrected chi connectivity index (χ3v) is 5.86. The summed E-state index contributed by atoms with van der Waals surface area (Å²) in [6.45, 7) is 0.918. The zero-order valence-electron chi connectivity index (χ0n) is 19.7. The molecule has 2 aliphatic heterocycles. The molecule has 0 aliphatic carbocycles. The van der Waals surface area contributed by atoms with E-state index in [-0.39, 0.29) is 18.1 Å². The van der Waals surface area contributed by atoms with Crippen molar-refractivity contribution in [2.45, 2.75) is 31.3 Å². The average Bonchev–Trinajstić information content (AvgIpc) is 3.29. The molecule has 0 bridgehead atoms. The van der Waals surface area contributed by atoms with Crippen LogP contribution < -0.4 is 10.6 Å². The lowest BCUT2D eigenvalue weighted by atomic mass is 9.92. The SMILES string of the molecule is CN1CC[C@@H](NC(=O)Nc2ccc(C#N)cc2)C[C@@H]1C1=Nc2ccccc2C1.O=C(O)/C=C\C(=O)O. The van der Waals surface area contributed by atoms with Gasteiger partial charge in [0.15, 0.2) is 0 Å². The van der Waals surface area contributed by atoms with Crippen LogP contribution in [0, 0.1) is 11.3 Å². The molecule has 10 heteroatoms. The fourth-order valence-electron chi connectivity index (χ4n) is 4.08. The number of piperidine rings is 1. The van der Waals surface area contributed by atoms with E-state index in [2.05, 4.69) is 46.8 Å². The number of aliphatic carboxylic acids is 2. The Morgan fingerprint density at radius 3 is 2.36 bits per heavy atom. The maximum atomic E-state index is 12.4. The summed E-state index contributed by atoms with van der Waals surface area (Å²) >= 11 is 0. The van der Waals surface area contributed by atoms with E-state index in [0.29, 0.717) is 23.4 Å². The minimum atomic E-state index is -1.26. The molecule has 2 aromatic rings. The van der Waals surface area contributed by atoms with Crippen molar-refractivity contribution in [3.05, 3.63) is 71.8 Å². The van der Waals surface area contributed by atoms with Gasteiger partial charge in [0.25, 0.3) is 0 Å². The standard InChI is InChI=1S/C22H23N5O.C4H4O4/c1-27-11-10-18(25-22(28)24-17-8-6-15(14-23)7-9-17)13-21(27)20-12-16-4-2-3-5-19(16)26-20;5-3(6)1-2-4(7)8/h2-9,18,21H,10-13H2,1H3,(H2,24,25,28);1-2H,(H,5,6)(H,7,8)/b;2-1-/t18-,21-;/m1./s1. The van der Waals surface area contributed by atoms with Gasteiger partial charge >= 0.3 is 18.0 Å². The number of aliphatic imine (C=N–C) groups is 1. The number of benzene rings is 2. The van der Waals surface area contributed by atoms with Crippen LogP contribution in [-0.4, -0.2) is 64.5 Å². The van der Waals surface area contributed by atoms with E-state index in [0.717, 1.165) is 31.5 Å². The molecular formula is C26H27N5O5. The second-order valence-corrected chi connectivity index (χ2v) is 8.42. The molecule has 2 heterocycles. The predicted octanol–water partition coefficient (Wildman–Crippen LogP) is 3.18. The molecule has 2 aromatic carbocycles. The largest absolute Gasteiger partial charge is 0.478 e. The van der Waals surface area contributed by atoms with Crippen molar-refractivity contribution < 1.29 is 24.6 Å². The van der Waals surface area contributed by atoms with Crippen LogP contribution >= 0.6 is 0 Å². The average molecular weight is 490 g/mol. The van der Waals surface area contributed by atoms with Crippen molar-refractivity contribution in [3.8, 4) is 6.07 Å². The van der Waals surface area contributed by atoms with Crippen LogP contribution in [0.3, 0.4) is 0 Å². The van der Waals surface area contributed by atoms with Crippen LogP contribution in [0.4, 0.5) is 16.2 Å². The molecule has 4 N–H and O–H groups in total. The molecule has 2 atom stereocenters. The number of carbonyl (C=O) groups is 3. The molecule has 2 amide bonds. The number of hydrogen-bond acceptors (Lipinski definition) is 6. The summed E-state index contributed by atoms with van der Waals surface area (Å²) in [4.78, 5) is 38.7. The summed E-state index contributed by atoms with van der Waals surface area (Å²) < 4.78 is 0. The number of urea groups is 1. The highest BCUT2D eigenvalue weighted by Gasteiger charge is 2.32.